The number of hydrogen-bond acceptors (Lipinski definition) is 10. The summed E-state index contributed by atoms with van der Waals surface area (Å²) in [5, 5.41) is -1.08. The Labute approximate surface area is 251 Å². The Morgan fingerprint density at radius 3 is 2.12 bits per heavy atom. The third kappa shape index (κ3) is 6.85. The highest BCUT2D eigenvalue weighted by molar-refractivity contribution is 8.14. The Morgan fingerprint density at radius 2 is 1.60 bits per heavy atom. The van der Waals surface area contributed by atoms with Crippen molar-refractivity contribution in [1.29, 1.82) is 0 Å². The molecule has 14 heteroatoms. The number of β-lactam (4-membered cyclic amide) rings is 1. The molecule has 0 aliphatic carbocycles. The van der Waals surface area contributed by atoms with Crippen LogP contribution in [0.25, 0.3) is 0 Å². The smallest absolute Gasteiger partial charge is 0.330 e. The van der Waals surface area contributed by atoms with Crippen molar-refractivity contribution in [3.05, 3.63) is 83.1 Å². The molecule has 1 N–H and O–H groups in total. The maximum atomic E-state index is 13.5. The van der Waals surface area contributed by atoms with E-state index in [2.05, 4.69) is 5.32 Å². The molecule has 2 aromatic carbocycles. The van der Waals surface area contributed by atoms with Gasteiger partial charge in [-0.25, -0.2) is 13.2 Å². The second-order valence-electron chi connectivity index (χ2n) is 9.53. The average molecular weight is 635 g/mol. The van der Waals surface area contributed by atoms with Crippen molar-refractivity contribution in [2.45, 2.75) is 36.7 Å². The van der Waals surface area contributed by atoms with Crippen molar-refractivity contribution in [3.63, 3.8) is 0 Å². The van der Waals surface area contributed by atoms with Gasteiger partial charge in [0, 0.05) is 25.2 Å². The lowest BCUT2D eigenvalue weighted by atomic mass is 10.0. The Morgan fingerprint density at radius 1 is 1.02 bits per heavy atom. The first-order valence-electron chi connectivity index (χ1n) is 12.7. The highest BCUT2D eigenvalue weighted by atomic mass is 35.5. The van der Waals surface area contributed by atoms with Gasteiger partial charge < -0.3 is 14.8 Å². The number of alkyl halides is 1. The summed E-state index contributed by atoms with van der Waals surface area (Å²) < 4.78 is 36.3. The maximum Gasteiger partial charge on any atom is 0.330 e. The second kappa shape index (κ2) is 13.1. The molecule has 42 heavy (non-hydrogen) atoms. The number of ether oxygens (including phenoxy) is 2. The Kier molecular flexibility index (Phi) is 9.74. The first-order chi connectivity index (χ1) is 19.9. The van der Waals surface area contributed by atoms with E-state index in [0.29, 0.717) is 22.9 Å². The fourth-order valence-electron chi connectivity index (χ4n) is 4.54. The molecule has 0 radical (unpaired) electrons. The minimum Gasteiger partial charge on any atom is -0.461 e. The van der Waals surface area contributed by atoms with Crippen LogP contribution in [-0.4, -0.2) is 77.1 Å². The SMILES string of the molecule is CC(=O)N[C@@H](CSC(=O)C1=C(COC(C)=O)CS(=O)(=O)[C@@H]2[C@@H](Cl)C(=O)N12)C(=O)OC(c1ccccc1)c1ccccc1. The van der Waals surface area contributed by atoms with Crippen molar-refractivity contribution in [2.24, 2.45) is 0 Å². The van der Waals surface area contributed by atoms with Gasteiger partial charge in [0.15, 0.2) is 21.3 Å². The Balaban J connectivity index is 1.58. The van der Waals surface area contributed by atoms with Gasteiger partial charge in [-0.15, -0.1) is 11.6 Å². The summed E-state index contributed by atoms with van der Waals surface area (Å²) in [4.78, 5) is 63.6. The van der Waals surface area contributed by atoms with Crippen LogP contribution < -0.4 is 5.32 Å². The van der Waals surface area contributed by atoms with Crippen molar-refractivity contribution < 1.29 is 41.9 Å². The average Bonchev–Trinajstić information content (AvgIpc) is 2.96. The molecular formula is C28H27ClN2O9S2. The molecule has 2 heterocycles. The quantitative estimate of drug-likeness (QED) is 0.234. The molecule has 0 saturated carbocycles. The monoisotopic (exact) mass is 634 g/mol. The fourth-order valence-corrected chi connectivity index (χ4v) is 8.03. The van der Waals surface area contributed by atoms with Crippen LogP contribution in [0.3, 0.4) is 0 Å². The van der Waals surface area contributed by atoms with Gasteiger partial charge in [-0.2, -0.15) is 0 Å². The molecule has 0 aromatic heterocycles. The number of amides is 2. The molecule has 2 aliphatic rings. The van der Waals surface area contributed by atoms with Crippen LogP contribution >= 0.6 is 23.4 Å². The van der Waals surface area contributed by atoms with Gasteiger partial charge in [0.1, 0.15) is 23.7 Å². The number of hydrogen-bond donors (Lipinski definition) is 1. The summed E-state index contributed by atoms with van der Waals surface area (Å²) >= 11 is 6.55. The van der Waals surface area contributed by atoms with E-state index < -0.39 is 74.0 Å². The van der Waals surface area contributed by atoms with Crippen LogP contribution in [0.1, 0.15) is 31.1 Å². The summed E-state index contributed by atoms with van der Waals surface area (Å²) in [6.45, 7) is 1.78. The van der Waals surface area contributed by atoms with Crippen LogP contribution in [0.4, 0.5) is 0 Å². The number of nitrogens with zero attached hydrogens (tertiary/aromatic N) is 1. The first kappa shape index (κ1) is 31.3. The number of benzene rings is 2. The number of sulfone groups is 1. The molecule has 11 nitrogen and oxygen atoms in total. The lowest BCUT2D eigenvalue weighted by Crippen LogP contribution is -2.68. The van der Waals surface area contributed by atoms with Gasteiger partial charge in [-0.3, -0.25) is 24.1 Å². The Bertz CT molecular complexity index is 1490. The highest BCUT2D eigenvalue weighted by Crippen LogP contribution is 2.41. The lowest BCUT2D eigenvalue weighted by Gasteiger charge is -2.47. The molecule has 2 aromatic rings. The van der Waals surface area contributed by atoms with E-state index in [0.717, 1.165) is 11.8 Å². The topological polar surface area (TPSA) is 153 Å². The van der Waals surface area contributed by atoms with Crippen molar-refractivity contribution >= 4 is 62.1 Å². The normalized spacial score (nSPS) is 19.8. The van der Waals surface area contributed by atoms with Gasteiger partial charge in [-0.1, -0.05) is 72.4 Å². The molecule has 4 rings (SSSR count). The minimum absolute atomic E-state index is 0.0947. The first-order valence-corrected chi connectivity index (χ1v) is 15.8. The molecular weight excluding hydrogens is 608 g/mol. The van der Waals surface area contributed by atoms with E-state index in [1.165, 1.54) is 6.92 Å². The summed E-state index contributed by atoms with van der Waals surface area (Å²) in [5.41, 5.74) is 1.00. The van der Waals surface area contributed by atoms with E-state index >= 15 is 0 Å². The zero-order valence-electron chi connectivity index (χ0n) is 22.5. The van der Waals surface area contributed by atoms with Crippen LogP contribution in [0.5, 0.6) is 0 Å². The highest BCUT2D eigenvalue weighted by Gasteiger charge is 2.59. The summed E-state index contributed by atoms with van der Waals surface area (Å²) in [6, 6.07) is 16.7. The number of esters is 2. The van der Waals surface area contributed by atoms with E-state index in [1.54, 1.807) is 48.5 Å². The van der Waals surface area contributed by atoms with Gasteiger partial charge in [0.25, 0.3) is 0 Å². The third-order valence-electron chi connectivity index (χ3n) is 6.42. The van der Waals surface area contributed by atoms with Crippen molar-refractivity contribution in [3.8, 4) is 0 Å². The standard InChI is InChI=1S/C28H27ClN2O9S2/c1-16(32)30-21(27(35)40-24(18-9-5-3-6-10-18)19-11-7-4-8-12-19)14-41-28(36)23-20(13-39-17(2)33)15-42(37,38)26-22(29)25(34)31(23)26/h3-12,21-22,24,26H,13-15H2,1-2H3,(H,30,32)/t21-,22-,26+/m0/s1. The van der Waals surface area contributed by atoms with E-state index in [-0.39, 0.29) is 17.0 Å². The molecule has 2 aliphatic heterocycles. The van der Waals surface area contributed by atoms with Crippen molar-refractivity contribution in [2.75, 3.05) is 18.1 Å². The molecule has 3 atom stereocenters. The molecule has 0 bridgehead atoms. The third-order valence-corrected chi connectivity index (χ3v) is 9.92. The summed E-state index contributed by atoms with van der Waals surface area (Å²) in [6.07, 6.45) is -0.807. The van der Waals surface area contributed by atoms with Crippen LogP contribution in [0.2, 0.25) is 0 Å². The van der Waals surface area contributed by atoms with Gasteiger partial charge in [0.2, 0.25) is 16.9 Å². The Hall–Kier alpha value is -3.68. The lowest BCUT2D eigenvalue weighted by molar-refractivity contribution is -0.150. The van der Waals surface area contributed by atoms with Crippen LogP contribution in [0, 0.1) is 0 Å². The number of thioether (sulfide) groups is 1. The van der Waals surface area contributed by atoms with E-state index in [4.69, 9.17) is 21.1 Å². The zero-order valence-corrected chi connectivity index (χ0v) is 24.9. The van der Waals surface area contributed by atoms with Gasteiger partial charge >= 0.3 is 11.9 Å². The maximum absolute atomic E-state index is 13.5. The number of carbonyl (C=O) groups excluding carboxylic acids is 5. The molecule has 1 fully saturated rings. The van der Waals surface area contributed by atoms with Gasteiger partial charge in [-0.05, 0) is 11.1 Å². The molecule has 0 unspecified atom stereocenters. The predicted molar refractivity (Wildman–Crippen MR) is 154 cm³/mol. The number of nitrogens with one attached hydrogen (secondary N) is 1. The summed E-state index contributed by atoms with van der Waals surface area (Å²) in [7, 11) is -3.96. The zero-order chi connectivity index (χ0) is 30.6. The predicted octanol–water partition coefficient (Wildman–Crippen LogP) is 2.11. The van der Waals surface area contributed by atoms with Gasteiger partial charge in [0.05, 0.1) is 5.75 Å². The van der Waals surface area contributed by atoms with Crippen LogP contribution in [-0.2, 0) is 43.3 Å². The van der Waals surface area contributed by atoms with E-state index in [9.17, 15) is 32.4 Å². The second-order valence-corrected chi connectivity index (χ2v) is 13.1. The van der Waals surface area contributed by atoms with E-state index in [1.807, 2.05) is 12.1 Å². The summed E-state index contributed by atoms with van der Waals surface area (Å²) in [5.74, 6) is -3.83. The fraction of sp³-hybridized carbons (Fsp3) is 0.321. The van der Waals surface area contributed by atoms with Crippen molar-refractivity contribution in [1.82, 2.24) is 10.2 Å². The molecule has 2 amide bonds. The van der Waals surface area contributed by atoms with Crippen LogP contribution in [0.15, 0.2) is 71.9 Å². The molecule has 222 valence electrons. The number of fused-ring (bicyclic) bond motifs is 1. The minimum atomic E-state index is -3.96. The largest absolute Gasteiger partial charge is 0.461 e. The number of rotatable bonds is 10. The number of carbonyl (C=O) groups is 5. The number of halogens is 1. The molecule has 0 spiro atoms. The molecule has 1 saturated heterocycles.